The first-order valence-electron chi connectivity index (χ1n) is 15.1. The molecule has 4 nitrogen and oxygen atoms in total. The minimum Gasteiger partial charge on any atom is -0.456 e. The highest BCUT2D eigenvalue weighted by Crippen LogP contribution is 2.51. The first kappa shape index (κ1) is 25.4. The molecule has 8 aromatic rings. The summed E-state index contributed by atoms with van der Waals surface area (Å²) in [5, 5.41) is 23.8. The van der Waals surface area contributed by atoms with Gasteiger partial charge in [-0.25, -0.2) is 0 Å². The number of hydrogen-bond acceptors (Lipinski definition) is 3. The second-order valence-corrected chi connectivity index (χ2v) is 12.4. The van der Waals surface area contributed by atoms with Gasteiger partial charge in [0.25, 0.3) is 0 Å². The lowest BCUT2D eigenvalue weighted by molar-refractivity contribution is 0.647. The van der Waals surface area contributed by atoms with E-state index in [9.17, 15) is 10.5 Å². The molecule has 0 aliphatic heterocycles. The van der Waals surface area contributed by atoms with Crippen LogP contribution in [0.1, 0.15) is 36.1 Å². The Morgan fingerprint density at radius 3 is 2.16 bits per heavy atom. The standard InChI is InChI=1S/C41H25N3O/c1-41(2)33-11-5-3-8-26(33)29-20-32-39(21-34(29)41)45-38-13-7-10-28(40(32)38)31-19-25(23-43)15-17-37(31)44-35-12-6-4-9-27(35)30-18-24(22-42)14-16-36(30)44/h3-21H,1-2H3. The van der Waals surface area contributed by atoms with E-state index in [4.69, 9.17) is 4.42 Å². The predicted octanol–water partition coefficient (Wildman–Crippen LogP) is 10.4. The van der Waals surface area contributed by atoms with Crippen LogP contribution >= 0.6 is 0 Å². The molecule has 0 amide bonds. The van der Waals surface area contributed by atoms with Crippen LogP contribution < -0.4 is 0 Å². The van der Waals surface area contributed by atoms with Gasteiger partial charge in [0.1, 0.15) is 11.2 Å². The average molecular weight is 576 g/mol. The van der Waals surface area contributed by atoms with Crippen LogP contribution in [0.15, 0.2) is 120 Å². The van der Waals surface area contributed by atoms with Crippen molar-refractivity contribution < 1.29 is 4.42 Å². The van der Waals surface area contributed by atoms with E-state index >= 15 is 0 Å². The van der Waals surface area contributed by atoms with E-state index in [0.29, 0.717) is 11.1 Å². The molecule has 0 N–H and O–H groups in total. The third-order valence-electron chi connectivity index (χ3n) is 9.66. The maximum absolute atomic E-state index is 10.0. The van der Waals surface area contributed by atoms with Crippen molar-refractivity contribution in [2.75, 3.05) is 0 Å². The molecule has 4 heteroatoms. The number of nitrogens with zero attached hydrogens (tertiary/aromatic N) is 3. The van der Waals surface area contributed by atoms with Crippen molar-refractivity contribution in [2.45, 2.75) is 19.3 Å². The third kappa shape index (κ3) is 3.40. The first-order valence-corrected chi connectivity index (χ1v) is 15.1. The van der Waals surface area contributed by atoms with E-state index in [1.807, 2.05) is 60.7 Å². The van der Waals surface area contributed by atoms with E-state index in [2.05, 4.69) is 85.2 Å². The average Bonchev–Trinajstić information content (AvgIpc) is 3.69. The van der Waals surface area contributed by atoms with Crippen molar-refractivity contribution >= 4 is 43.7 Å². The molecule has 0 bridgehead atoms. The van der Waals surface area contributed by atoms with Crippen molar-refractivity contribution in [1.82, 2.24) is 4.57 Å². The number of benzene rings is 6. The van der Waals surface area contributed by atoms with Crippen LogP contribution in [0.3, 0.4) is 0 Å². The second kappa shape index (κ2) is 8.96. The molecular weight excluding hydrogens is 550 g/mol. The topological polar surface area (TPSA) is 65.7 Å². The van der Waals surface area contributed by atoms with E-state index in [0.717, 1.165) is 60.6 Å². The monoisotopic (exact) mass is 575 g/mol. The predicted molar refractivity (Wildman–Crippen MR) is 180 cm³/mol. The zero-order chi connectivity index (χ0) is 30.4. The number of fused-ring (bicyclic) bond motifs is 9. The Hall–Kier alpha value is -6.10. The number of furan rings is 1. The molecule has 9 rings (SSSR count). The summed E-state index contributed by atoms with van der Waals surface area (Å²) in [5.74, 6) is 0. The smallest absolute Gasteiger partial charge is 0.136 e. The van der Waals surface area contributed by atoms with Crippen LogP contribution in [0.4, 0.5) is 0 Å². The summed E-state index contributed by atoms with van der Waals surface area (Å²) in [6, 6.07) is 44.1. The molecule has 0 unspecified atom stereocenters. The lowest BCUT2D eigenvalue weighted by Gasteiger charge is -2.21. The molecule has 1 aliphatic carbocycles. The van der Waals surface area contributed by atoms with Gasteiger partial charge in [0.05, 0.1) is 40.0 Å². The van der Waals surface area contributed by atoms with Gasteiger partial charge in [-0.05, 0) is 88.5 Å². The molecule has 1 aliphatic rings. The van der Waals surface area contributed by atoms with E-state index in [1.54, 1.807) is 0 Å². The maximum atomic E-state index is 10.0. The summed E-state index contributed by atoms with van der Waals surface area (Å²) in [7, 11) is 0. The Kier molecular flexibility index (Phi) is 5.06. The van der Waals surface area contributed by atoms with Crippen molar-refractivity contribution in [2.24, 2.45) is 0 Å². The molecule has 0 fully saturated rings. The Morgan fingerprint density at radius 2 is 1.29 bits per heavy atom. The van der Waals surface area contributed by atoms with Crippen molar-refractivity contribution in [1.29, 1.82) is 10.5 Å². The van der Waals surface area contributed by atoms with Crippen LogP contribution in [-0.2, 0) is 5.41 Å². The molecule has 2 heterocycles. The fourth-order valence-corrected chi connectivity index (χ4v) is 7.56. The van der Waals surface area contributed by atoms with Gasteiger partial charge in [0, 0.05) is 32.5 Å². The highest BCUT2D eigenvalue weighted by Gasteiger charge is 2.36. The fraction of sp³-hybridized carbons (Fsp3) is 0.0732. The number of aromatic nitrogens is 1. The van der Waals surface area contributed by atoms with Crippen LogP contribution in [0.5, 0.6) is 0 Å². The molecule has 0 atom stereocenters. The largest absolute Gasteiger partial charge is 0.456 e. The molecule has 0 saturated heterocycles. The first-order chi connectivity index (χ1) is 22.0. The Labute approximate surface area is 259 Å². The lowest BCUT2D eigenvalue weighted by Crippen LogP contribution is -2.14. The molecule has 0 spiro atoms. The Morgan fingerprint density at radius 1 is 0.556 bits per heavy atom. The van der Waals surface area contributed by atoms with Crippen molar-refractivity contribution in [3.63, 3.8) is 0 Å². The molecular formula is C41H25N3O. The number of hydrogen-bond donors (Lipinski definition) is 0. The third-order valence-corrected chi connectivity index (χ3v) is 9.66. The number of rotatable bonds is 2. The zero-order valence-corrected chi connectivity index (χ0v) is 24.7. The summed E-state index contributed by atoms with van der Waals surface area (Å²) in [4.78, 5) is 0. The van der Waals surface area contributed by atoms with Gasteiger partial charge in [0.2, 0.25) is 0 Å². The van der Waals surface area contributed by atoms with E-state index in [1.165, 1.54) is 22.3 Å². The van der Waals surface area contributed by atoms with Gasteiger partial charge < -0.3 is 8.98 Å². The van der Waals surface area contributed by atoms with Crippen molar-refractivity contribution in [3.8, 4) is 40.1 Å². The molecule has 210 valence electrons. The Bertz CT molecular complexity index is 2650. The van der Waals surface area contributed by atoms with Gasteiger partial charge in [-0.1, -0.05) is 68.4 Å². The van der Waals surface area contributed by atoms with Crippen molar-refractivity contribution in [3.05, 3.63) is 138 Å². The highest BCUT2D eigenvalue weighted by molar-refractivity contribution is 6.16. The van der Waals surface area contributed by atoms with Gasteiger partial charge in [-0.15, -0.1) is 0 Å². The van der Waals surface area contributed by atoms with Crippen LogP contribution in [0, 0.1) is 22.7 Å². The number of nitriles is 2. The molecule has 6 aromatic carbocycles. The van der Waals surface area contributed by atoms with Gasteiger partial charge in [-0.2, -0.15) is 10.5 Å². The maximum Gasteiger partial charge on any atom is 0.136 e. The van der Waals surface area contributed by atoms with E-state index < -0.39 is 0 Å². The highest BCUT2D eigenvalue weighted by atomic mass is 16.3. The summed E-state index contributed by atoms with van der Waals surface area (Å²) < 4.78 is 8.83. The van der Waals surface area contributed by atoms with Gasteiger partial charge >= 0.3 is 0 Å². The minimum atomic E-state index is -0.127. The fourth-order valence-electron chi connectivity index (χ4n) is 7.56. The number of para-hydroxylation sites is 1. The van der Waals surface area contributed by atoms with Crippen LogP contribution in [0.25, 0.3) is 71.7 Å². The van der Waals surface area contributed by atoms with Crippen LogP contribution in [-0.4, -0.2) is 4.57 Å². The lowest BCUT2D eigenvalue weighted by atomic mass is 9.82. The minimum absolute atomic E-state index is 0.127. The summed E-state index contributed by atoms with van der Waals surface area (Å²) in [5.41, 5.74) is 12.8. The van der Waals surface area contributed by atoms with Crippen LogP contribution in [0.2, 0.25) is 0 Å². The molecule has 2 aromatic heterocycles. The zero-order valence-electron chi connectivity index (χ0n) is 24.7. The normalized spacial score (nSPS) is 13.2. The molecule has 0 radical (unpaired) electrons. The van der Waals surface area contributed by atoms with Gasteiger partial charge in [0.15, 0.2) is 0 Å². The SMILES string of the molecule is CC1(C)c2ccccc2-c2cc3c(cc21)oc1cccc(-c2cc(C#N)ccc2-n2c4ccccc4c4cc(C#N)ccc42)c13. The summed E-state index contributed by atoms with van der Waals surface area (Å²) in [6.07, 6.45) is 0. The quantitative estimate of drug-likeness (QED) is 0.206. The molecule has 0 saturated carbocycles. The van der Waals surface area contributed by atoms with E-state index in [-0.39, 0.29) is 5.41 Å². The summed E-state index contributed by atoms with van der Waals surface area (Å²) >= 11 is 0. The second-order valence-electron chi connectivity index (χ2n) is 12.4. The van der Waals surface area contributed by atoms with Gasteiger partial charge in [-0.3, -0.25) is 0 Å². The Balaban J connectivity index is 1.38. The molecule has 45 heavy (non-hydrogen) atoms. The summed E-state index contributed by atoms with van der Waals surface area (Å²) in [6.45, 7) is 4.56.